The van der Waals surface area contributed by atoms with E-state index >= 15 is 0 Å². The van der Waals surface area contributed by atoms with Crippen LogP contribution in [-0.4, -0.2) is 31.1 Å². The van der Waals surface area contributed by atoms with Crippen molar-refractivity contribution in [2.24, 2.45) is 0 Å². The van der Waals surface area contributed by atoms with Crippen LogP contribution >= 0.6 is 23.8 Å². The number of furan rings is 1. The Balaban J connectivity index is 1.71. The molecule has 1 aliphatic rings. The van der Waals surface area contributed by atoms with E-state index in [9.17, 15) is 9.59 Å². The van der Waals surface area contributed by atoms with E-state index in [4.69, 9.17) is 37.7 Å². The van der Waals surface area contributed by atoms with Crippen molar-refractivity contribution in [1.29, 1.82) is 0 Å². The molecule has 0 saturated carbocycles. The van der Waals surface area contributed by atoms with Gasteiger partial charge in [-0.05, 0) is 67.2 Å². The largest absolute Gasteiger partial charge is 0.497 e. The topological polar surface area (TPSA) is 81.0 Å². The molecule has 2 amide bonds. The van der Waals surface area contributed by atoms with E-state index < -0.39 is 11.8 Å². The molecule has 0 atom stereocenters. The minimum absolute atomic E-state index is 0.0553. The molecule has 2 aromatic carbocycles. The van der Waals surface area contributed by atoms with Gasteiger partial charge in [-0.3, -0.25) is 14.9 Å². The third-order valence-corrected chi connectivity index (χ3v) is 5.63. The number of rotatable bonds is 5. The molecule has 1 saturated heterocycles. The summed E-state index contributed by atoms with van der Waals surface area (Å²) in [6, 6.07) is 13.8. The first-order chi connectivity index (χ1) is 15.8. The quantitative estimate of drug-likeness (QED) is 0.321. The summed E-state index contributed by atoms with van der Waals surface area (Å²) in [5.74, 6) is 0.573. The number of carbonyl (C=O) groups is 2. The lowest BCUT2D eigenvalue weighted by Crippen LogP contribution is -2.54. The number of aryl methyl sites for hydroxylation is 1. The normalized spacial score (nSPS) is 15.1. The van der Waals surface area contributed by atoms with Crippen molar-refractivity contribution in [3.05, 3.63) is 70.5 Å². The fourth-order valence-corrected chi connectivity index (χ4v) is 3.87. The first-order valence-corrected chi connectivity index (χ1v) is 10.6. The maximum Gasteiger partial charge on any atom is 0.270 e. The molecule has 0 aliphatic carbocycles. The van der Waals surface area contributed by atoms with Crippen molar-refractivity contribution in [2.75, 3.05) is 19.1 Å². The van der Waals surface area contributed by atoms with Gasteiger partial charge < -0.3 is 13.9 Å². The van der Waals surface area contributed by atoms with Gasteiger partial charge in [0, 0.05) is 16.7 Å². The Morgan fingerprint density at radius 1 is 1.06 bits per heavy atom. The van der Waals surface area contributed by atoms with Gasteiger partial charge in [-0.2, -0.15) is 0 Å². The van der Waals surface area contributed by atoms with Crippen LogP contribution in [0, 0.1) is 6.92 Å². The Kier molecular flexibility index (Phi) is 6.22. The number of methoxy groups -OCH3 is 2. The number of hydrogen-bond acceptors (Lipinski definition) is 6. The average molecular weight is 483 g/mol. The van der Waals surface area contributed by atoms with E-state index in [1.807, 2.05) is 13.0 Å². The summed E-state index contributed by atoms with van der Waals surface area (Å²) in [7, 11) is 2.99. The monoisotopic (exact) mass is 482 g/mol. The number of nitrogens with zero attached hydrogens (tertiary/aromatic N) is 1. The molecule has 0 unspecified atom stereocenters. The summed E-state index contributed by atoms with van der Waals surface area (Å²) in [5, 5.41) is 3.07. The molecule has 0 radical (unpaired) electrons. The highest BCUT2D eigenvalue weighted by atomic mass is 35.5. The van der Waals surface area contributed by atoms with E-state index in [1.54, 1.807) is 42.5 Å². The Morgan fingerprint density at radius 3 is 2.58 bits per heavy atom. The van der Waals surface area contributed by atoms with Gasteiger partial charge in [0.2, 0.25) is 0 Å². The van der Waals surface area contributed by atoms with Crippen molar-refractivity contribution in [3.8, 4) is 22.8 Å². The summed E-state index contributed by atoms with van der Waals surface area (Å²) >= 11 is 11.4. The molecule has 168 valence electrons. The van der Waals surface area contributed by atoms with Crippen LogP contribution in [-0.2, 0) is 9.59 Å². The van der Waals surface area contributed by atoms with E-state index in [-0.39, 0.29) is 10.7 Å². The minimum Gasteiger partial charge on any atom is -0.497 e. The zero-order chi connectivity index (χ0) is 23.7. The van der Waals surface area contributed by atoms with Gasteiger partial charge >= 0.3 is 0 Å². The van der Waals surface area contributed by atoms with Crippen molar-refractivity contribution >= 4 is 52.5 Å². The lowest BCUT2D eigenvalue weighted by Gasteiger charge is -2.29. The van der Waals surface area contributed by atoms with Gasteiger partial charge in [-0.25, -0.2) is 4.90 Å². The minimum atomic E-state index is -0.620. The molecule has 0 bridgehead atoms. The Hall–Kier alpha value is -3.62. The molecule has 9 heteroatoms. The summed E-state index contributed by atoms with van der Waals surface area (Å²) in [6.07, 6.45) is 1.38. The zero-order valence-corrected chi connectivity index (χ0v) is 19.5. The number of halogens is 1. The van der Waals surface area contributed by atoms with E-state index in [0.717, 1.165) is 11.1 Å². The van der Waals surface area contributed by atoms with Crippen LogP contribution in [0.1, 0.15) is 11.3 Å². The number of anilines is 1. The molecule has 3 aromatic rings. The first kappa shape index (κ1) is 22.6. The molecule has 1 fully saturated rings. The second kappa shape index (κ2) is 9.09. The summed E-state index contributed by atoms with van der Waals surface area (Å²) in [4.78, 5) is 27.1. The van der Waals surface area contributed by atoms with Gasteiger partial charge in [0.05, 0.1) is 19.9 Å². The fourth-order valence-electron chi connectivity index (χ4n) is 3.42. The first-order valence-electron chi connectivity index (χ1n) is 9.82. The van der Waals surface area contributed by atoms with E-state index in [2.05, 4.69) is 5.32 Å². The number of benzene rings is 2. The summed E-state index contributed by atoms with van der Waals surface area (Å²) in [5.41, 5.74) is 2.03. The van der Waals surface area contributed by atoms with Crippen LogP contribution in [0.15, 0.2) is 58.5 Å². The van der Waals surface area contributed by atoms with Crippen molar-refractivity contribution in [2.45, 2.75) is 6.92 Å². The van der Waals surface area contributed by atoms with E-state index in [0.29, 0.717) is 33.7 Å². The maximum absolute atomic E-state index is 13.3. The predicted octanol–water partition coefficient (Wildman–Crippen LogP) is 4.76. The highest BCUT2D eigenvalue weighted by molar-refractivity contribution is 7.80. The van der Waals surface area contributed by atoms with E-state index in [1.165, 1.54) is 25.2 Å². The summed E-state index contributed by atoms with van der Waals surface area (Å²) in [6.45, 7) is 1.94. The van der Waals surface area contributed by atoms with Crippen LogP contribution in [0.4, 0.5) is 5.69 Å². The number of carbonyl (C=O) groups excluding carboxylic acids is 2. The fraction of sp³-hybridized carbons (Fsp3) is 0.125. The lowest BCUT2D eigenvalue weighted by molar-refractivity contribution is -0.122. The SMILES string of the molecule is COc1ccc(N2C(=O)/C(=C/c3ccc(-c4cc(Cl)ccc4C)o3)C(=O)NC2=S)c(OC)c1. The molecular formula is C24H19ClN2O5S. The van der Waals surface area contributed by atoms with Crippen LogP contribution in [0.25, 0.3) is 17.4 Å². The maximum atomic E-state index is 13.3. The molecule has 7 nitrogen and oxygen atoms in total. The number of nitrogens with one attached hydrogen (secondary N) is 1. The number of amides is 2. The molecule has 0 spiro atoms. The van der Waals surface area contributed by atoms with Gasteiger partial charge in [-0.1, -0.05) is 17.7 Å². The molecular weight excluding hydrogens is 464 g/mol. The third kappa shape index (κ3) is 4.35. The average Bonchev–Trinajstić information content (AvgIpc) is 3.26. The van der Waals surface area contributed by atoms with Gasteiger partial charge in [0.15, 0.2) is 5.11 Å². The van der Waals surface area contributed by atoms with Crippen molar-refractivity contribution in [1.82, 2.24) is 5.32 Å². The molecule has 4 rings (SSSR count). The second-order valence-electron chi connectivity index (χ2n) is 7.16. The molecule has 1 aliphatic heterocycles. The third-order valence-electron chi connectivity index (χ3n) is 5.11. The van der Waals surface area contributed by atoms with Gasteiger partial charge in [0.1, 0.15) is 28.6 Å². The highest BCUT2D eigenvalue weighted by Crippen LogP contribution is 2.35. The van der Waals surface area contributed by atoms with Crippen molar-refractivity contribution < 1.29 is 23.5 Å². The van der Waals surface area contributed by atoms with Gasteiger partial charge in [-0.15, -0.1) is 0 Å². The smallest absolute Gasteiger partial charge is 0.270 e. The Labute approximate surface area is 200 Å². The standard InChI is InChI=1S/C24H19ClN2O5S/c1-13-4-5-14(25)10-17(13)20-9-7-16(32-20)11-18-22(28)26-24(33)27(23(18)29)19-8-6-15(30-2)12-21(19)31-3/h4-12H,1-3H3,(H,26,28,33)/b18-11+. The van der Waals surface area contributed by atoms with Crippen LogP contribution in [0.5, 0.6) is 11.5 Å². The molecule has 1 aromatic heterocycles. The molecule has 2 heterocycles. The Bertz CT molecular complexity index is 1310. The zero-order valence-electron chi connectivity index (χ0n) is 18.0. The Morgan fingerprint density at radius 2 is 1.85 bits per heavy atom. The predicted molar refractivity (Wildman–Crippen MR) is 130 cm³/mol. The van der Waals surface area contributed by atoms with Gasteiger partial charge in [0.25, 0.3) is 11.8 Å². The number of ether oxygens (including phenoxy) is 2. The van der Waals surface area contributed by atoms with Crippen LogP contribution in [0.3, 0.4) is 0 Å². The molecule has 1 N–H and O–H groups in total. The lowest BCUT2D eigenvalue weighted by atomic mass is 10.1. The molecule has 33 heavy (non-hydrogen) atoms. The van der Waals surface area contributed by atoms with Crippen molar-refractivity contribution in [3.63, 3.8) is 0 Å². The van der Waals surface area contributed by atoms with Crippen LogP contribution in [0.2, 0.25) is 5.02 Å². The highest BCUT2D eigenvalue weighted by Gasteiger charge is 2.36. The summed E-state index contributed by atoms with van der Waals surface area (Å²) < 4.78 is 16.5. The van der Waals surface area contributed by atoms with Crippen LogP contribution < -0.4 is 19.7 Å². The second-order valence-corrected chi connectivity index (χ2v) is 7.98. The number of hydrogen-bond donors (Lipinski definition) is 1. The number of thiocarbonyl (C=S) groups is 1.